The molecule has 0 saturated carbocycles. The molecule has 1 amide bonds. The number of phenols is 1. The number of hydrogen-bond donors (Lipinski definition) is 2. The van der Waals surface area contributed by atoms with Crippen LogP contribution >= 0.6 is 11.8 Å². The summed E-state index contributed by atoms with van der Waals surface area (Å²) in [5.41, 5.74) is 3.69. The number of anilines is 1. The fourth-order valence-electron chi connectivity index (χ4n) is 2.93. The standard InChI is InChI=1S/C23H20N4O2S/c1-16-7-9-17(10-8-16)22-25-26-23(27(22)19-5-3-2-4-6-19)30-15-21(29)24-18-11-13-20(28)14-12-18/h2-14,28H,15H2,1H3,(H,24,29). The van der Waals surface area contributed by atoms with Gasteiger partial charge in [-0.15, -0.1) is 10.2 Å². The van der Waals surface area contributed by atoms with Gasteiger partial charge in [-0.2, -0.15) is 0 Å². The highest BCUT2D eigenvalue weighted by atomic mass is 32.2. The van der Waals surface area contributed by atoms with Crippen molar-refractivity contribution < 1.29 is 9.90 Å². The smallest absolute Gasteiger partial charge is 0.234 e. The van der Waals surface area contributed by atoms with Gasteiger partial charge in [-0.05, 0) is 43.3 Å². The molecule has 1 heterocycles. The number of para-hydroxylation sites is 1. The molecule has 0 spiro atoms. The summed E-state index contributed by atoms with van der Waals surface area (Å²) in [5, 5.41) is 21.6. The summed E-state index contributed by atoms with van der Waals surface area (Å²) in [7, 11) is 0. The molecule has 0 saturated heterocycles. The first-order valence-electron chi connectivity index (χ1n) is 9.40. The van der Waals surface area contributed by atoms with Crippen molar-refractivity contribution in [2.45, 2.75) is 12.1 Å². The number of aryl methyl sites for hydroxylation is 1. The van der Waals surface area contributed by atoms with E-state index in [0.717, 1.165) is 17.1 Å². The molecular formula is C23H20N4O2S. The minimum absolute atomic E-state index is 0.155. The molecule has 0 aliphatic heterocycles. The molecule has 30 heavy (non-hydrogen) atoms. The zero-order chi connectivity index (χ0) is 20.9. The first-order chi connectivity index (χ1) is 14.6. The van der Waals surface area contributed by atoms with Crippen molar-refractivity contribution in [3.05, 3.63) is 84.4 Å². The Morgan fingerprint density at radius 1 is 0.967 bits per heavy atom. The van der Waals surface area contributed by atoms with Gasteiger partial charge in [0.2, 0.25) is 5.91 Å². The van der Waals surface area contributed by atoms with Gasteiger partial charge in [-0.25, -0.2) is 0 Å². The maximum absolute atomic E-state index is 12.4. The normalized spacial score (nSPS) is 10.7. The van der Waals surface area contributed by atoms with Crippen molar-refractivity contribution in [3.63, 3.8) is 0 Å². The van der Waals surface area contributed by atoms with Crippen LogP contribution in [0.3, 0.4) is 0 Å². The molecule has 0 unspecified atom stereocenters. The van der Waals surface area contributed by atoms with Crippen LogP contribution in [0.1, 0.15) is 5.56 Å². The summed E-state index contributed by atoms with van der Waals surface area (Å²) >= 11 is 1.32. The number of thioether (sulfide) groups is 1. The van der Waals surface area contributed by atoms with Gasteiger partial charge < -0.3 is 10.4 Å². The van der Waals surface area contributed by atoms with Gasteiger partial charge in [0.1, 0.15) is 5.75 Å². The van der Waals surface area contributed by atoms with E-state index in [-0.39, 0.29) is 17.4 Å². The van der Waals surface area contributed by atoms with E-state index >= 15 is 0 Å². The van der Waals surface area contributed by atoms with E-state index in [1.165, 1.54) is 29.5 Å². The first kappa shape index (κ1) is 19.7. The van der Waals surface area contributed by atoms with Crippen molar-refractivity contribution >= 4 is 23.4 Å². The van der Waals surface area contributed by atoms with Crippen molar-refractivity contribution in [1.29, 1.82) is 0 Å². The van der Waals surface area contributed by atoms with E-state index in [0.29, 0.717) is 10.8 Å². The largest absolute Gasteiger partial charge is 0.508 e. The number of phenolic OH excluding ortho intramolecular Hbond substituents is 1. The Kier molecular flexibility index (Phi) is 5.81. The molecule has 1 aromatic heterocycles. The van der Waals surface area contributed by atoms with Crippen molar-refractivity contribution in [3.8, 4) is 22.8 Å². The molecule has 0 aliphatic carbocycles. The van der Waals surface area contributed by atoms with Crippen LogP contribution in [-0.4, -0.2) is 31.5 Å². The molecular weight excluding hydrogens is 396 g/mol. The molecule has 0 aliphatic rings. The van der Waals surface area contributed by atoms with Crippen LogP contribution in [0, 0.1) is 6.92 Å². The quantitative estimate of drug-likeness (QED) is 0.352. The Balaban J connectivity index is 1.57. The van der Waals surface area contributed by atoms with Crippen LogP contribution < -0.4 is 5.32 Å². The van der Waals surface area contributed by atoms with Crippen LogP contribution in [0.15, 0.2) is 84.0 Å². The minimum Gasteiger partial charge on any atom is -0.508 e. The maximum atomic E-state index is 12.4. The Morgan fingerprint density at radius 3 is 2.37 bits per heavy atom. The van der Waals surface area contributed by atoms with Gasteiger partial charge in [0.05, 0.1) is 5.75 Å². The van der Waals surface area contributed by atoms with Gasteiger partial charge in [-0.3, -0.25) is 9.36 Å². The monoisotopic (exact) mass is 416 g/mol. The number of aromatic hydroxyl groups is 1. The molecule has 0 atom stereocenters. The molecule has 150 valence electrons. The summed E-state index contributed by atoms with van der Waals surface area (Å²) in [6.07, 6.45) is 0. The lowest BCUT2D eigenvalue weighted by Gasteiger charge is -2.10. The Bertz CT molecular complexity index is 1140. The number of rotatable bonds is 6. The average Bonchev–Trinajstić information content (AvgIpc) is 3.19. The molecule has 4 aromatic rings. The molecule has 0 bridgehead atoms. The number of carbonyl (C=O) groups is 1. The van der Waals surface area contributed by atoms with E-state index in [4.69, 9.17) is 0 Å². The van der Waals surface area contributed by atoms with Gasteiger partial charge in [0, 0.05) is 16.9 Å². The number of nitrogens with one attached hydrogen (secondary N) is 1. The first-order valence-corrected chi connectivity index (χ1v) is 10.4. The number of aromatic nitrogens is 3. The highest BCUT2D eigenvalue weighted by Crippen LogP contribution is 2.28. The summed E-state index contributed by atoms with van der Waals surface area (Å²) in [6.45, 7) is 2.04. The summed E-state index contributed by atoms with van der Waals surface area (Å²) in [4.78, 5) is 12.4. The summed E-state index contributed by atoms with van der Waals surface area (Å²) in [6, 6.07) is 24.3. The van der Waals surface area contributed by atoms with E-state index in [1.54, 1.807) is 12.1 Å². The van der Waals surface area contributed by atoms with Gasteiger partial charge in [0.25, 0.3) is 0 Å². The van der Waals surface area contributed by atoms with Crippen LogP contribution in [0.5, 0.6) is 5.75 Å². The zero-order valence-electron chi connectivity index (χ0n) is 16.3. The second-order valence-electron chi connectivity index (χ2n) is 6.73. The van der Waals surface area contributed by atoms with E-state index in [9.17, 15) is 9.90 Å². The number of carbonyl (C=O) groups excluding carboxylic acids is 1. The number of nitrogens with zero attached hydrogens (tertiary/aromatic N) is 3. The lowest BCUT2D eigenvalue weighted by atomic mass is 10.1. The van der Waals surface area contributed by atoms with Crippen LogP contribution in [0.2, 0.25) is 0 Å². The van der Waals surface area contributed by atoms with Gasteiger partial charge in [-0.1, -0.05) is 59.8 Å². The third-order valence-corrected chi connectivity index (χ3v) is 5.37. The molecule has 2 N–H and O–H groups in total. The second kappa shape index (κ2) is 8.84. The highest BCUT2D eigenvalue weighted by molar-refractivity contribution is 7.99. The highest BCUT2D eigenvalue weighted by Gasteiger charge is 2.17. The predicted molar refractivity (Wildman–Crippen MR) is 119 cm³/mol. The topological polar surface area (TPSA) is 80.0 Å². The average molecular weight is 417 g/mol. The fraction of sp³-hybridized carbons (Fsp3) is 0.0870. The summed E-state index contributed by atoms with van der Waals surface area (Å²) < 4.78 is 1.96. The maximum Gasteiger partial charge on any atom is 0.234 e. The van der Waals surface area contributed by atoms with Crippen molar-refractivity contribution in [1.82, 2.24) is 14.8 Å². The molecule has 7 heteroatoms. The number of benzene rings is 3. The Morgan fingerprint density at radius 2 is 1.67 bits per heavy atom. The fourth-order valence-corrected chi connectivity index (χ4v) is 3.69. The molecule has 0 radical (unpaired) electrons. The van der Waals surface area contributed by atoms with Gasteiger partial charge >= 0.3 is 0 Å². The number of amides is 1. The van der Waals surface area contributed by atoms with Crippen LogP contribution in [-0.2, 0) is 4.79 Å². The lowest BCUT2D eigenvalue weighted by Crippen LogP contribution is -2.14. The number of hydrogen-bond acceptors (Lipinski definition) is 5. The lowest BCUT2D eigenvalue weighted by molar-refractivity contribution is -0.113. The molecule has 0 fully saturated rings. The third kappa shape index (κ3) is 4.52. The minimum atomic E-state index is -0.162. The van der Waals surface area contributed by atoms with E-state index < -0.39 is 0 Å². The van der Waals surface area contributed by atoms with E-state index in [2.05, 4.69) is 15.5 Å². The third-order valence-electron chi connectivity index (χ3n) is 4.44. The predicted octanol–water partition coefficient (Wildman–Crippen LogP) is 4.68. The van der Waals surface area contributed by atoms with Crippen molar-refractivity contribution in [2.24, 2.45) is 0 Å². The second-order valence-corrected chi connectivity index (χ2v) is 7.67. The molecule has 3 aromatic carbocycles. The Hall–Kier alpha value is -3.58. The molecule has 6 nitrogen and oxygen atoms in total. The van der Waals surface area contributed by atoms with E-state index in [1.807, 2.05) is 66.1 Å². The zero-order valence-corrected chi connectivity index (χ0v) is 17.1. The van der Waals surface area contributed by atoms with Crippen LogP contribution in [0.25, 0.3) is 17.1 Å². The SMILES string of the molecule is Cc1ccc(-c2nnc(SCC(=O)Nc3ccc(O)cc3)n2-c2ccccc2)cc1. The van der Waals surface area contributed by atoms with Crippen molar-refractivity contribution in [2.75, 3.05) is 11.1 Å². The van der Waals surface area contributed by atoms with Gasteiger partial charge in [0.15, 0.2) is 11.0 Å². The Labute approximate surface area is 178 Å². The molecule has 4 rings (SSSR count). The van der Waals surface area contributed by atoms with Crippen LogP contribution in [0.4, 0.5) is 5.69 Å². The summed E-state index contributed by atoms with van der Waals surface area (Å²) in [5.74, 6) is 0.898.